The Morgan fingerprint density at radius 1 is 0.933 bits per heavy atom. The van der Waals surface area contributed by atoms with E-state index in [1.165, 1.54) is 31.3 Å². The number of rotatable bonds is 3. The predicted octanol–water partition coefficient (Wildman–Crippen LogP) is 6.87. The minimum Gasteiger partial charge on any atom is -0.478 e. The molecular weight excluding hydrogens is 368 g/mol. The third-order valence-corrected chi connectivity index (χ3v) is 8.32. The average Bonchev–Trinajstić information content (AvgIpc) is 3.35. The lowest BCUT2D eigenvalue weighted by atomic mass is 9.62. The van der Waals surface area contributed by atoms with Crippen LogP contribution >= 0.6 is 0 Å². The maximum absolute atomic E-state index is 11.1. The number of carboxylic acids is 1. The molecule has 2 fully saturated rings. The van der Waals surface area contributed by atoms with Gasteiger partial charge in [0, 0.05) is 5.41 Å². The summed E-state index contributed by atoms with van der Waals surface area (Å²) in [7, 11) is 0. The second-order valence-electron chi connectivity index (χ2n) is 11.1. The van der Waals surface area contributed by atoms with Gasteiger partial charge in [-0.05, 0) is 83.2 Å². The van der Waals surface area contributed by atoms with Gasteiger partial charge in [0.2, 0.25) is 0 Å². The van der Waals surface area contributed by atoms with Crippen LogP contribution in [-0.4, -0.2) is 11.1 Å². The highest BCUT2D eigenvalue weighted by Gasteiger charge is 2.60. The van der Waals surface area contributed by atoms with Crippen molar-refractivity contribution in [1.29, 1.82) is 0 Å². The number of hydrogen-bond donors (Lipinski definition) is 1. The van der Waals surface area contributed by atoms with Crippen LogP contribution in [0.25, 0.3) is 6.08 Å². The molecule has 0 bridgehead atoms. The van der Waals surface area contributed by atoms with E-state index >= 15 is 0 Å². The van der Waals surface area contributed by atoms with E-state index < -0.39 is 5.97 Å². The van der Waals surface area contributed by atoms with Gasteiger partial charge in [0.1, 0.15) is 0 Å². The third-order valence-electron chi connectivity index (χ3n) is 8.32. The number of fused-ring (bicyclic) bond motifs is 2. The van der Waals surface area contributed by atoms with E-state index in [0.717, 1.165) is 12.0 Å². The summed E-state index contributed by atoms with van der Waals surface area (Å²) in [5, 5.41) is 9.11. The fraction of sp³-hybridized carbons (Fsp3) is 0.464. The second-order valence-corrected chi connectivity index (χ2v) is 11.1. The summed E-state index contributed by atoms with van der Waals surface area (Å²) in [4.78, 5) is 11.1. The Labute approximate surface area is 180 Å². The molecule has 5 rings (SSSR count). The van der Waals surface area contributed by atoms with Gasteiger partial charge in [-0.15, -0.1) is 0 Å². The van der Waals surface area contributed by atoms with Crippen molar-refractivity contribution >= 4 is 12.0 Å². The lowest BCUT2D eigenvalue weighted by molar-refractivity contribution is 0.0697. The number of benzene rings is 2. The molecule has 2 heteroatoms. The molecule has 0 heterocycles. The van der Waals surface area contributed by atoms with Crippen molar-refractivity contribution < 1.29 is 9.90 Å². The van der Waals surface area contributed by atoms with Crippen molar-refractivity contribution in [2.75, 3.05) is 0 Å². The predicted molar refractivity (Wildman–Crippen MR) is 122 cm³/mol. The van der Waals surface area contributed by atoms with Gasteiger partial charge >= 0.3 is 5.97 Å². The van der Waals surface area contributed by atoms with Gasteiger partial charge in [-0.1, -0.05) is 69.7 Å². The van der Waals surface area contributed by atoms with Crippen LogP contribution in [0.4, 0.5) is 0 Å². The molecule has 2 saturated carbocycles. The highest BCUT2D eigenvalue weighted by Crippen LogP contribution is 2.67. The molecule has 3 aliphatic carbocycles. The molecule has 0 spiro atoms. The smallest absolute Gasteiger partial charge is 0.335 e. The van der Waals surface area contributed by atoms with Crippen molar-refractivity contribution in [2.45, 2.75) is 76.0 Å². The number of aromatic carboxylic acids is 1. The van der Waals surface area contributed by atoms with Crippen molar-refractivity contribution in [2.24, 2.45) is 5.92 Å². The number of allylic oxidation sites excluding steroid dienone is 1. The van der Waals surface area contributed by atoms with E-state index in [9.17, 15) is 4.79 Å². The molecule has 156 valence electrons. The Kier molecular flexibility index (Phi) is 4.13. The SMILES string of the molecule is CC1(C)CCC(C)(C)c2cc(C34CCC(=Cc5ccc(C(=O)O)cc5)C3C4)ccc21. The van der Waals surface area contributed by atoms with E-state index in [0.29, 0.717) is 16.9 Å². The van der Waals surface area contributed by atoms with Crippen LogP contribution in [0.5, 0.6) is 0 Å². The minimum absolute atomic E-state index is 0.255. The maximum atomic E-state index is 11.1. The summed E-state index contributed by atoms with van der Waals surface area (Å²) < 4.78 is 0. The van der Waals surface area contributed by atoms with E-state index in [4.69, 9.17) is 5.11 Å². The first-order valence-electron chi connectivity index (χ1n) is 11.3. The molecule has 2 atom stereocenters. The molecule has 1 N–H and O–H groups in total. The summed E-state index contributed by atoms with van der Waals surface area (Å²) in [5.74, 6) is -0.218. The van der Waals surface area contributed by atoms with Crippen LogP contribution in [0.1, 0.15) is 92.4 Å². The van der Waals surface area contributed by atoms with Crippen LogP contribution in [0, 0.1) is 5.92 Å². The van der Waals surface area contributed by atoms with Crippen LogP contribution in [0.3, 0.4) is 0 Å². The normalized spacial score (nSPS) is 29.3. The fourth-order valence-electron chi connectivity index (χ4n) is 6.08. The molecule has 3 aliphatic rings. The van der Waals surface area contributed by atoms with Gasteiger partial charge in [-0.25, -0.2) is 4.79 Å². The molecule has 30 heavy (non-hydrogen) atoms. The number of hydrogen-bond acceptors (Lipinski definition) is 1. The molecular formula is C28H32O2. The van der Waals surface area contributed by atoms with Crippen molar-refractivity contribution in [1.82, 2.24) is 0 Å². The van der Waals surface area contributed by atoms with Gasteiger partial charge in [-0.2, -0.15) is 0 Å². The molecule has 0 amide bonds. The molecule has 2 nitrogen and oxygen atoms in total. The van der Waals surface area contributed by atoms with Crippen molar-refractivity contribution in [3.8, 4) is 0 Å². The summed E-state index contributed by atoms with van der Waals surface area (Å²) in [6, 6.07) is 14.7. The zero-order valence-electron chi connectivity index (χ0n) is 18.6. The molecule has 2 aromatic rings. The maximum Gasteiger partial charge on any atom is 0.335 e. The minimum atomic E-state index is -0.866. The Balaban J connectivity index is 1.44. The topological polar surface area (TPSA) is 37.3 Å². The summed E-state index contributed by atoms with van der Waals surface area (Å²) >= 11 is 0. The molecule has 0 aromatic heterocycles. The lowest BCUT2D eigenvalue weighted by Gasteiger charge is -2.42. The first-order chi connectivity index (χ1) is 14.1. The molecule has 0 saturated heterocycles. The van der Waals surface area contributed by atoms with Gasteiger partial charge in [0.05, 0.1) is 5.56 Å². The Morgan fingerprint density at radius 3 is 2.23 bits per heavy atom. The first-order valence-corrected chi connectivity index (χ1v) is 11.3. The van der Waals surface area contributed by atoms with Gasteiger partial charge < -0.3 is 5.11 Å². The van der Waals surface area contributed by atoms with E-state index in [2.05, 4.69) is 52.0 Å². The van der Waals surface area contributed by atoms with Crippen LogP contribution in [0.15, 0.2) is 48.0 Å². The van der Waals surface area contributed by atoms with Crippen LogP contribution in [-0.2, 0) is 16.2 Å². The summed E-state index contributed by atoms with van der Waals surface area (Å²) in [5.41, 5.74) is 8.52. The van der Waals surface area contributed by atoms with Gasteiger partial charge in [0.25, 0.3) is 0 Å². The van der Waals surface area contributed by atoms with E-state index in [1.807, 2.05) is 12.1 Å². The monoisotopic (exact) mass is 400 g/mol. The molecule has 0 radical (unpaired) electrons. The third kappa shape index (κ3) is 2.95. The van der Waals surface area contributed by atoms with Gasteiger partial charge in [-0.3, -0.25) is 0 Å². The molecule has 2 unspecified atom stereocenters. The quantitative estimate of drug-likeness (QED) is 0.610. The Morgan fingerprint density at radius 2 is 1.60 bits per heavy atom. The summed E-state index contributed by atoms with van der Waals surface area (Å²) in [6.45, 7) is 9.61. The van der Waals surface area contributed by atoms with E-state index in [-0.39, 0.29) is 10.8 Å². The molecule has 2 aromatic carbocycles. The Hall–Kier alpha value is -2.35. The Bertz CT molecular complexity index is 1050. The van der Waals surface area contributed by atoms with Crippen molar-refractivity contribution in [3.05, 3.63) is 75.9 Å². The van der Waals surface area contributed by atoms with Gasteiger partial charge in [0.15, 0.2) is 0 Å². The summed E-state index contributed by atoms with van der Waals surface area (Å²) in [6.07, 6.45) is 8.46. The highest BCUT2D eigenvalue weighted by atomic mass is 16.4. The first kappa shape index (κ1) is 19.6. The standard InChI is InChI=1S/C28H32O2/c1-26(2)13-14-27(3,4)23-16-21(9-10-22(23)26)28-12-11-20(24(28)17-28)15-18-5-7-19(8-6-18)25(29)30/h5-10,15-16,24H,11-14,17H2,1-4H3,(H,29,30). The number of carbonyl (C=O) groups is 1. The second kappa shape index (κ2) is 6.33. The zero-order valence-corrected chi connectivity index (χ0v) is 18.6. The fourth-order valence-corrected chi connectivity index (χ4v) is 6.08. The van der Waals surface area contributed by atoms with Crippen molar-refractivity contribution in [3.63, 3.8) is 0 Å². The molecule has 0 aliphatic heterocycles. The van der Waals surface area contributed by atoms with E-state index in [1.54, 1.807) is 28.8 Å². The number of carboxylic acid groups (broad SMARTS) is 1. The highest BCUT2D eigenvalue weighted by molar-refractivity contribution is 5.87. The average molecular weight is 401 g/mol. The lowest BCUT2D eigenvalue weighted by Crippen LogP contribution is -2.34. The largest absolute Gasteiger partial charge is 0.478 e. The zero-order chi connectivity index (χ0) is 21.3. The van der Waals surface area contributed by atoms with Crippen LogP contribution in [0.2, 0.25) is 0 Å². The van der Waals surface area contributed by atoms with Crippen LogP contribution < -0.4 is 0 Å².